The highest BCUT2D eigenvalue weighted by atomic mass is 32.2. The van der Waals surface area contributed by atoms with Crippen LogP contribution < -0.4 is 20.7 Å². The lowest BCUT2D eigenvalue weighted by Crippen LogP contribution is -2.44. The maximum absolute atomic E-state index is 13.2. The number of hydrogen-bond acceptors (Lipinski definition) is 5. The molecular weight excluding hydrogens is 462 g/mol. The molecule has 0 saturated heterocycles. The molecule has 1 atom stereocenters. The van der Waals surface area contributed by atoms with E-state index in [9.17, 15) is 14.4 Å². The zero-order valence-corrected chi connectivity index (χ0v) is 20.8. The van der Waals surface area contributed by atoms with Gasteiger partial charge in [-0.15, -0.1) is 0 Å². The second kappa shape index (κ2) is 12.6. The Balaban J connectivity index is 1.76. The van der Waals surface area contributed by atoms with Gasteiger partial charge in [0.2, 0.25) is 5.91 Å². The minimum atomic E-state index is -0.760. The van der Waals surface area contributed by atoms with Crippen LogP contribution in [0, 0.1) is 6.92 Å². The van der Waals surface area contributed by atoms with Crippen LogP contribution in [0.5, 0.6) is 5.75 Å². The summed E-state index contributed by atoms with van der Waals surface area (Å²) in [6.45, 7) is 1.85. The number of thioether (sulfide) groups is 1. The first-order valence-corrected chi connectivity index (χ1v) is 12.5. The highest BCUT2D eigenvalue weighted by Crippen LogP contribution is 2.21. The number of anilines is 2. The average Bonchev–Trinajstić information content (AvgIpc) is 2.87. The van der Waals surface area contributed by atoms with E-state index in [1.165, 1.54) is 0 Å². The summed E-state index contributed by atoms with van der Waals surface area (Å²) in [5.41, 5.74) is 2.58. The minimum absolute atomic E-state index is 0.303. The molecule has 7 nitrogen and oxygen atoms in total. The van der Waals surface area contributed by atoms with Crippen molar-refractivity contribution in [3.63, 3.8) is 0 Å². The van der Waals surface area contributed by atoms with Gasteiger partial charge < -0.3 is 20.7 Å². The summed E-state index contributed by atoms with van der Waals surface area (Å²) in [5.74, 6) is 0.226. The zero-order valence-electron chi connectivity index (χ0n) is 20.0. The molecule has 3 aromatic rings. The first-order chi connectivity index (χ1) is 16.9. The van der Waals surface area contributed by atoms with Crippen molar-refractivity contribution in [3.05, 3.63) is 89.5 Å². The number of hydrogen-bond donors (Lipinski definition) is 3. The smallest absolute Gasteiger partial charge is 0.257 e. The van der Waals surface area contributed by atoms with Crippen molar-refractivity contribution in [1.82, 2.24) is 5.32 Å². The first kappa shape index (κ1) is 25.8. The summed E-state index contributed by atoms with van der Waals surface area (Å²) in [6, 6.07) is 20.2. The molecule has 0 spiro atoms. The third-order valence-corrected chi connectivity index (χ3v) is 6.02. The molecular formula is C27H29N3O4S. The Bertz CT molecular complexity index is 1200. The Morgan fingerprint density at radius 3 is 2.31 bits per heavy atom. The van der Waals surface area contributed by atoms with Crippen molar-refractivity contribution in [2.45, 2.75) is 19.4 Å². The Morgan fingerprint density at radius 1 is 0.886 bits per heavy atom. The number of rotatable bonds is 10. The fraction of sp³-hybridized carbons (Fsp3) is 0.222. The molecule has 0 fully saturated rings. The monoisotopic (exact) mass is 491 g/mol. The molecule has 35 heavy (non-hydrogen) atoms. The molecule has 0 bridgehead atoms. The van der Waals surface area contributed by atoms with Gasteiger partial charge in [-0.2, -0.15) is 11.8 Å². The van der Waals surface area contributed by atoms with E-state index in [1.54, 1.807) is 79.5 Å². The summed E-state index contributed by atoms with van der Waals surface area (Å²) in [7, 11) is 1.55. The van der Waals surface area contributed by atoms with Crippen LogP contribution in [-0.2, 0) is 4.79 Å². The predicted octanol–water partition coefficient (Wildman–Crippen LogP) is 4.75. The number of ether oxygens (including phenoxy) is 1. The Morgan fingerprint density at radius 2 is 1.60 bits per heavy atom. The topological polar surface area (TPSA) is 96.5 Å². The number of amides is 3. The van der Waals surface area contributed by atoms with Crippen molar-refractivity contribution in [3.8, 4) is 5.75 Å². The van der Waals surface area contributed by atoms with Gasteiger partial charge in [0, 0.05) is 17.3 Å². The van der Waals surface area contributed by atoms with Crippen LogP contribution in [-0.4, -0.2) is 42.9 Å². The summed E-state index contributed by atoms with van der Waals surface area (Å²) in [6.07, 6.45) is 2.39. The molecule has 0 unspecified atom stereocenters. The molecule has 3 N–H and O–H groups in total. The van der Waals surface area contributed by atoms with Gasteiger partial charge in [0.05, 0.1) is 18.4 Å². The standard InChI is InChI=1S/C27H29N3O4S/c1-18-9-4-5-12-21(18)25(31)30-24(15-16-35-3)27(33)29-23-14-7-6-13-22(23)26(32)28-19-10-8-11-20(17-19)34-2/h4-14,17,24H,15-16H2,1-3H3,(H,28,32)(H,29,33)(H,30,31)/t24-/m0/s1. The van der Waals surface area contributed by atoms with Crippen LogP contribution in [0.1, 0.15) is 32.7 Å². The van der Waals surface area contributed by atoms with Crippen molar-refractivity contribution < 1.29 is 19.1 Å². The van der Waals surface area contributed by atoms with Crippen LogP contribution >= 0.6 is 11.8 Å². The summed E-state index contributed by atoms with van der Waals surface area (Å²) in [4.78, 5) is 39.0. The number of nitrogens with one attached hydrogen (secondary N) is 3. The van der Waals surface area contributed by atoms with Gasteiger partial charge in [-0.3, -0.25) is 14.4 Å². The fourth-order valence-electron chi connectivity index (χ4n) is 3.48. The molecule has 0 radical (unpaired) electrons. The molecule has 0 aliphatic rings. The number of methoxy groups -OCH3 is 1. The summed E-state index contributed by atoms with van der Waals surface area (Å²) in [5, 5.41) is 8.51. The minimum Gasteiger partial charge on any atom is -0.497 e. The molecule has 3 rings (SSSR count). The van der Waals surface area contributed by atoms with Crippen LogP contribution in [0.4, 0.5) is 11.4 Å². The van der Waals surface area contributed by atoms with E-state index in [4.69, 9.17) is 4.74 Å². The number of carbonyl (C=O) groups is 3. The van der Waals surface area contributed by atoms with E-state index < -0.39 is 6.04 Å². The third-order valence-electron chi connectivity index (χ3n) is 5.38. The maximum Gasteiger partial charge on any atom is 0.257 e. The van der Waals surface area contributed by atoms with Crippen LogP contribution in [0.25, 0.3) is 0 Å². The van der Waals surface area contributed by atoms with Crippen molar-refractivity contribution in [1.29, 1.82) is 0 Å². The molecule has 0 saturated carbocycles. The van der Waals surface area contributed by atoms with E-state index in [0.717, 1.165) is 5.56 Å². The van der Waals surface area contributed by atoms with Crippen LogP contribution in [0.15, 0.2) is 72.8 Å². The summed E-state index contributed by atoms with van der Waals surface area (Å²) >= 11 is 1.59. The van der Waals surface area contributed by atoms with Gasteiger partial charge in [-0.25, -0.2) is 0 Å². The Labute approximate surface area is 209 Å². The predicted molar refractivity (Wildman–Crippen MR) is 141 cm³/mol. The molecule has 0 aromatic heterocycles. The lowest BCUT2D eigenvalue weighted by atomic mass is 10.1. The third kappa shape index (κ3) is 7.10. The van der Waals surface area contributed by atoms with E-state index in [1.807, 2.05) is 25.3 Å². The Hall–Kier alpha value is -3.78. The van der Waals surface area contributed by atoms with Gasteiger partial charge in [0.1, 0.15) is 11.8 Å². The van der Waals surface area contributed by atoms with E-state index in [-0.39, 0.29) is 17.7 Å². The summed E-state index contributed by atoms with van der Waals surface area (Å²) < 4.78 is 5.20. The van der Waals surface area contributed by atoms with Crippen molar-refractivity contribution in [2.75, 3.05) is 29.8 Å². The molecule has 0 aliphatic carbocycles. The Kier molecular flexibility index (Phi) is 9.31. The van der Waals surface area contributed by atoms with Crippen LogP contribution in [0.2, 0.25) is 0 Å². The molecule has 0 heterocycles. The number of carbonyl (C=O) groups excluding carboxylic acids is 3. The molecule has 8 heteroatoms. The number of benzene rings is 3. The average molecular weight is 492 g/mol. The highest BCUT2D eigenvalue weighted by molar-refractivity contribution is 7.98. The van der Waals surface area contributed by atoms with Crippen molar-refractivity contribution >= 4 is 40.9 Å². The highest BCUT2D eigenvalue weighted by Gasteiger charge is 2.23. The van der Waals surface area contributed by atoms with Gasteiger partial charge in [0.25, 0.3) is 11.8 Å². The second-order valence-electron chi connectivity index (χ2n) is 7.84. The van der Waals surface area contributed by atoms with Crippen LogP contribution in [0.3, 0.4) is 0 Å². The normalized spacial score (nSPS) is 11.3. The van der Waals surface area contributed by atoms with Gasteiger partial charge in [0.15, 0.2) is 0 Å². The largest absolute Gasteiger partial charge is 0.497 e. The number of para-hydroxylation sites is 1. The second-order valence-corrected chi connectivity index (χ2v) is 8.83. The lowest BCUT2D eigenvalue weighted by Gasteiger charge is -2.20. The maximum atomic E-state index is 13.2. The quantitative estimate of drug-likeness (QED) is 0.380. The first-order valence-electron chi connectivity index (χ1n) is 11.1. The molecule has 182 valence electrons. The number of aryl methyl sites for hydroxylation is 1. The van der Waals surface area contributed by atoms with E-state index in [0.29, 0.717) is 40.4 Å². The van der Waals surface area contributed by atoms with E-state index >= 15 is 0 Å². The zero-order chi connectivity index (χ0) is 25.2. The molecule has 3 amide bonds. The molecule has 0 aliphatic heterocycles. The van der Waals surface area contributed by atoms with E-state index in [2.05, 4.69) is 16.0 Å². The van der Waals surface area contributed by atoms with Crippen molar-refractivity contribution in [2.24, 2.45) is 0 Å². The molecule has 3 aromatic carbocycles. The fourth-order valence-corrected chi connectivity index (χ4v) is 3.95. The van der Waals surface area contributed by atoms with Gasteiger partial charge in [-0.1, -0.05) is 36.4 Å². The SMILES string of the molecule is COc1cccc(NC(=O)c2ccccc2NC(=O)[C@H](CCSC)NC(=O)c2ccccc2C)c1. The van der Waals surface area contributed by atoms with Gasteiger partial charge in [-0.05, 0) is 61.2 Å². The lowest BCUT2D eigenvalue weighted by molar-refractivity contribution is -0.118. The van der Waals surface area contributed by atoms with Gasteiger partial charge >= 0.3 is 0 Å².